The van der Waals surface area contributed by atoms with Crippen molar-refractivity contribution in [1.29, 1.82) is 0 Å². The third-order valence-corrected chi connectivity index (χ3v) is 5.32. The Bertz CT molecular complexity index is 262. The number of hydrogen-bond acceptors (Lipinski definition) is 2. The van der Waals surface area contributed by atoms with Crippen LogP contribution >= 0.6 is 11.8 Å². The van der Waals surface area contributed by atoms with E-state index in [2.05, 4.69) is 4.90 Å². The predicted octanol–water partition coefficient (Wildman–Crippen LogP) is 2.00. The highest BCUT2D eigenvalue weighted by Gasteiger charge is 2.44. The molecule has 3 atom stereocenters. The van der Waals surface area contributed by atoms with Gasteiger partial charge in [-0.3, -0.25) is 4.79 Å². The molecule has 0 aromatic rings. The zero-order chi connectivity index (χ0) is 10.3. The van der Waals surface area contributed by atoms with Crippen LogP contribution in [-0.4, -0.2) is 35.4 Å². The molecule has 84 valence electrons. The largest absolute Gasteiger partial charge is 0.341 e. The molecule has 0 aromatic heterocycles. The zero-order valence-electron chi connectivity index (χ0n) is 9.15. The summed E-state index contributed by atoms with van der Waals surface area (Å²) in [5.74, 6) is 4.83. The van der Waals surface area contributed by atoms with E-state index in [4.69, 9.17) is 0 Å². The molecule has 2 saturated carbocycles. The minimum Gasteiger partial charge on any atom is -0.341 e. The number of fused-ring (bicyclic) bond motifs is 2. The Balaban J connectivity index is 1.64. The summed E-state index contributed by atoms with van der Waals surface area (Å²) in [5, 5.41) is 0. The van der Waals surface area contributed by atoms with Crippen LogP contribution < -0.4 is 0 Å². The van der Waals surface area contributed by atoms with E-state index in [1.807, 2.05) is 11.8 Å². The van der Waals surface area contributed by atoms with Crippen molar-refractivity contribution in [1.82, 2.24) is 4.90 Å². The molecular weight excluding hydrogens is 206 g/mol. The standard InChI is InChI=1S/C12H19NOS/c14-12(13-3-5-15-6-4-13)11-8-9-1-2-10(11)7-9/h9-11H,1-8H2. The third-order valence-electron chi connectivity index (χ3n) is 4.38. The number of carbonyl (C=O) groups excluding carboxylic acids is 1. The molecule has 3 aliphatic rings. The highest BCUT2D eigenvalue weighted by Crippen LogP contribution is 2.48. The first kappa shape index (κ1) is 10.0. The van der Waals surface area contributed by atoms with E-state index in [9.17, 15) is 4.79 Å². The Morgan fingerprint density at radius 2 is 1.93 bits per heavy atom. The average molecular weight is 225 g/mol. The second-order valence-electron chi connectivity index (χ2n) is 5.22. The molecule has 2 aliphatic carbocycles. The van der Waals surface area contributed by atoms with Gasteiger partial charge in [-0.1, -0.05) is 6.42 Å². The molecule has 3 rings (SSSR count). The van der Waals surface area contributed by atoms with Crippen LogP contribution in [0.5, 0.6) is 0 Å². The molecule has 15 heavy (non-hydrogen) atoms. The van der Waals surface area contributed by atoms with E-state index in [0.717, 1.165) is 36.4 Å². The number of thioether (sulfide) groups is 1. The summed E-state index contributed by atoms with van der Waals surface area (Å²) < 4.78 is 0. The first-order chi connectivity index (χ1) is 7.34. The second-order valence-corrected chi connectivity index (χ2v) is 6.44. The van der Waals surface area contributed by atoms with Crippen LogP contribution in [0, 0.1) is 17.8 Å². The molecule has 3 heteroatoms. The van der Waals surface area contributed by atoms with Crippen LogP contribution in [0.15, 0.2) is 0 Å². The van der Waals surface area contributed by atoms with Crippen molar-refractivity contribution in [2.24, 2.45) is 17.8 Å². The Morgan fingerprint density at radius 3 is 2.53 bits per heavy atom. The Kier molecular flexibility index (Phi) is 2.67. The minimum atomic E-state index is 0.409. The summed E-state index contributed by atoms with van der Waals surface area (Å²) in [7, 11) is 0. The van der Waals surface area contributed by atoms with E-state index in [1.165, 1.54) is 25.7 Å². The second kappa shape index (κ2) is 4.00. The zero-order valence-corrected chi connectivity index (χ0v) is 9.97. The molecule has 0 radical (unpaired) electrons. The van der Waals surface area contributed by atoms with Gasteiger partial charge < -0.3 is 4.90 Å². The Hall–Kier alpha value is -0.180. The number of nitrogens with zero attached hydrogens (tertiary/aromatic N) is 1. The quantitative estimate of drug-likeness (QED) is 0.680. The molecule has 1 aliphatic heterocycles. The smallest absolute Gasteiger partial charge is 0.226 e. The molecule has 2 bridgehead atoms. The number of carbonyl (C=O) groups is 1. The molecule has 1 amide bonds. The lowest BCUT2D eigenvalue weighted by Gasteiger charge is -2.31. The van der Waals surface area contributed by atoms with Crippen LogP contribution in [0.2, 0.25) is 0 Å². The molecule has 3 fully saturated rings. The molecule has 2 nitrogen and oxygen atoms in total. The highest BCUT2D eigenvalue weighted by atomic mass is 32.2. The summed E-state index contributed by atoms with van der Waals surface area (Å²) >= 11 is 1.98. The summed E-state index contributed by atoms with van der Waals surface area (Å²) in [6.45, 7) is 1.99. The summed E-state index contributed by atoms with van der Waals surface area (Å²) in [4.78, 5) is 14.4. The number of hydrogen-bond donors (Lipinski definition) is 0. The first-order valence-corrected chi connectivity index (χ1v) is 7.36. The normalized spacial score (nSPS) is 39.7. The monoisotopic (exact) mass is 225 g/mol. The topological polar surface area (TPSA) is 20.3 Å². The fraction of sp³-hybridized carbons (Fsp3) is 0.917. The maximum Gasteiger partial charge on any atom is 0.226 e. The van der Waals surface area contributed by atoms with Crippen molar-refractivity contribution >= 4 is 17.7 Å². The highest BCUT2D eigenvalue weighted by molar-refractivity contribution is 7.99. The van der Waals surface area contributed by atoms with Gasteiger partial charge in [-0.05, 0) is 31.1 Å². The lowest BCUT2D eigenvalue weighted by Crippen LogP contribution is -2.42. The van der Waals surface area contributed by atoms with Crippen molar-refractivity contribution in [2.75, 3.05) is 24.6 Å². The summed E-state index contributed by atoms with van der Waals surface area (Å²) in [6.07, 6.45) is 5.26. The molecule has 0 spiro atoms. The van der Waals surface area contributed by atoms with Crippen molar-refractivity contribution < 1.29 is 4.79 Å². The van der Waals surface area contributed by atoms with Crippen LogP contribution in [0.1, 0.15) is 25.7 Å². The lowest BCUT2D eigenvalue weighted by atomic mass is 9.88. The van der Waals surface area contributed by atoms with Crippen LogP contribution in [0.4, 0.5) is 0 Å². The molecule has 0 aromatic carbocycles. The van der Waals surface area contributed by atoms with E-state index in [0.29, 0.717) is 11.8 Å². The Labute approximate surface area is 95.8 Å². The van der Waals surface area contributed by atoms with Gasteiger partial charge in [0.15, 0.2) is 0 Å². The first-order valence-electron chi connectivity index (χ1n) is 6.21. The predicted molar refractivity (Wildman–Crippen MR) is 62.8 cm³/mol. The van der Waals surface area contributed by atoms with Gasteiger partial charge in [-0.25, -0.2) is 0 Å². The van der Waals surface area contributed by atoms with Gasteiger partial charge >= 0.3 is 0 Å². The van der Waals surface area contributed by atoms with Crippen LogP contribution in [0.3, 0.4) is 0 Å². The van der Waals surface area contributed by atoms with Gasteiger partial charge in [0.25, 0.3) is 0 Å². The molecule has 1 heterocycles. The van der Waals surface area contributed by atoms with Gasteiger partial charge in [-0.15, -0.1) is 0 Å². The van der Waals surface area contributed by atoms with Gasteiger partial charge in [0.2, 0.25) is 5.91 Å². The van der Waals surface area contributed by atoms with E-state index >= 15 is 0 Å². The molecule has 0 N–H and O–H groups in total. The number of amides is 1. The van der Waals surface area contributed by atoms with Crippen molar-refractivity contribution in [3.63, 3.8) is 0 Å². The van der Waals surface area contributed by atoms with Gasteiger partial charge in [-0.2, -0.15) is 11.8 Å². The van der Waals surface area contributed by atoms with Crippen LogP contribution in [-0.2, 0) is 4.79 Å². The van der Waals surface area contributed by atoms with Gasteiger partial charge in [0, 0.05) is 30.5 Å². The average Bonchev–Trinajstić information content (AvgIpc) is 2.91. The summed E-state index contributed by atoms with van der Waals surface area (Å²) in [5.41, 5.74) is 0. The van der Waals surface area contributed by atoms with Crippen LogP contribution in [0.25, 0.3) is 0 Å². The fourth-order valence-electron chi connectivity index (χ4n) is 3.57. The molecule has 3 unspecified atom stereocenters. The molecular formula is C12H19NOS. The molecule has 1 saturated heterocycles. The van der Waals surface area contributed by atoms with E-state index in [-0.39, 0.29) is 0 Å². The van der Waals surface area contributed by atoms with Gasteiger partial charge in [0.05, 0.1) is 0 Å². The third kappa shape index (κ3) is 1.79. The van der Waals surface area contributed by atoms with E-state index < -0.39 is 0 Å². The van der Waals surface area contributed by atoms with E-state index in [1.54, 1.807) is 0 Å². The van der Waals surface area contributed by atoms with Gasteiger partial charge in [0.1, 0.15) is 0 Å². The maximum absolute atomic E-state index is 12.3. The lowest BCUT2D eigenvalue weighted by molar-refractivity contribution is -0.136. The minimum absolute atomic E-state index is 0.409. The van der Waals surface area contributed by atoms with Crippen molar-refractivity contribution in [3.8, 4) is 0 Å². The summed E-state index contributed by atoms with van der Waals surface area (Å²) in [6, 6.07) is 0. The number of rotatable bonds is 1. The maximum atomic E-state index is 12.3. The van der Waals surface area contributed by atoms with Crippen molar-refractivity contribution in [2.45, 2.75) is 25.7 Å². The fourth-order valence-corrected chi connectivity index (χ4v) is 4.47. The Morgan fingerprint density at radius 1 is 1.13 bits per heavy atom. The van der Waals surface area contributed by atoms with Crippen molar-refractivity contribution in [3.05, 3.63) is 0 Å². The SMILES string of the molecule is O=C(C1CC2CCC1C2)N1CCSCC1.